The van der Waals surface area contributed by atoms with E-state index in [4.69, 9.17) is 5.10 Å². The highest BCUT2D eigenvalue weighted by Crippen LogP contribution is 2.32. The van der Waals surface area contributed by atoms with E-state index in [0.717, 1.165) is 25.1 Å². The summed E-state index contributed by atoms with van der Waals surface area (Å²) in [5.74, 6) is 0. The molecule has 1 aliphatic carbocycles. The molecule has 4 heteroatoms. The molecule has 1 aromatic carbocycles. The monoisotopic (exact) mass is 360 g/mol. The Balaban J connectivity index is 1.55. The Labute approximate surface area is 161 Å². The van der Waals surface area contributed by atoms with Gasteiger partial charge in [0.25, 0.3) is 0 Å². The summed E-state index contributed by atoms with van der Waals surface area (Å²) in [5, 5.41) is 8.42. The van der Waals surface area contributed by atoms with Gasteiger partial charge in [0, 0.05) is 36.2 Å². The highest BCUT2D eigenvalue weighted by molar-refractivity contribution is 5.40. The van der Waals surface area contributed by atoms with Gasteiger partial charge in [0.05, 0.1) is 11.9 Å². The van der Waals surface area contributed by atoms with Crippen molar-refractivity contribution in [1.82, 2.24) is 20.1 Å². The third-order valence-corrected chi connectivity index (χ3v) is 5.44. The summed E-state index contributed by atoms with van der Waals surface area (Å²) in [4.78, 5) is 4.20. The van der Waals surface area contributed by atoms with E-state index in [1.54, 1.807) is 0 Å². The van der Waals surface area contributed by atoms with Crippen LogP contribution in [-0.4, -0.2) is 14.8 Å². The number of hydrogen-bond donors (Lipinski definition) is 1. The van der Waals surface area contributed by atoms with Gasteiger partial charge in [-0.3, -0.25) is 4.98 Å². The second-order valence-corrected chi connectivity index (χ2v) is 8.44. The normalized spacial score (nSPS) is 16.9. The molecule has 1 aliphatic rings. The minimum Gasteiger partial charge on any atom is -0.306 e. The largest absolute Gasteiger partial charge is 0.306 e. The number of nitrogens with zero attached hydrogens (tertiary/aromatic N) is 3. The van der Waals surface area contributed by atoms with Crippen molar-refractivity contribution in [2.75, 3.05) is 0 Å². The lowest BCUT2D eigenvalue weighted by Crippen LogP contribution is -2.25. The standard InChI is InChI=1S/C23H28N4/c1-23(2,3)18-9-11-19(12-10-18)27-22-8-4-7-21(20(22)16-26-27)25-15-17-6-5-13-24-14-17/h5-6,9-14,16,21,25H,4,7-8,15H2,1-3H3/t21-/m0/s1. The van der Waals surface area contributed by atoms with Crippen LogP contribution in [0.1, 0.15) is 62.0 Å². The molecule has 0 aliphatic heterocycles. The zero-order chi connectivity index (χ0) is 18.9. The number of fused-ring (bicyclic) bond motifs is 1. The van der Waals surface area contributed by atoms with E-state index in [9.17, 15) is 0 Å². The van der Waals surface area contributed by atoms with Crippen molar-refractivity contribution in [1.29, 1.82) is 0 Å². The molecule has 0 spiro atoms. The maximum Gasteiger partial charge on any atom is 0.0649 e. The van der Waals surface area contributed by atoms with Gasteiger partial charge in [-0.05, 0) is 54.0 Å². The first-order valence-electron chi connectivity index (χ1n) is 9.82. The first-order chi connectivity index (χ1) is 13.0. The van der Waals surface area contributed by atoms with E-state index in [0.29, 0.717) is 6.04 Å². The predicted molar refractivity (Wildman–Crippen MR) is 109 cm³/mol. The van der Waals surface area contributed by atoms with Crippen LogP contribution in [-0.2, 0) is 18.4 Å². The van der Waals surface area contributed by atoms with E-state index in [-0.39, 0.29) is 5.41 Å². The van der Waals surface area contributed by atoms with Crippen molar-refractivity contribution in [2.24, 2.45) is 0 Å². The van der Waals surface area contributed by atoms with E-state index in [1.807, 2.05) is 24.7 Å². The van der Waals surface area contributed by atoms with Gasteiger partial charge in [-0.25, -0.2) is 4.68 Å². The van der Waals surface area contributed by atoms with E-state index >= 15 is 0 Å². The first-order valence-corrected chi connectivity index (χ1v) is 9.82. The summed E-state index contributed by atoms with van der Waals surface area (Å²) in [6.07, 6.45) is 9.22. The van der Waals surface area contributed by atoms with Crippen LogP contribution in [0.5, 0.6) is 0 Å². The van der Waals surface area contributed by atoms with Crippen molar-refractivity contribution >= 4 is 0 Å². The highest BCUT2D eigenvalue weighted by Gasteiger charge is 2.24. The lowest BCUT2D eigenvalue weighted by Gasteiger charge is -2.24. The quantitative estimate of drug-likeness (QED) is 0.731. The maximum absolute atomic E-state index is 4.73. The summed E-state index contributed by atoms with van der Waals surface area (Å²) < 4.78 is 2.12. The molecule has 4 nitrogen and oxygen atoms in total. The molecule has 0 saturated heterocycles. The molecule has 1 N–H and O–H groups in total. The Morgan fingerprint density at radius 1 is 1.11 bits per heavy atom. The summed E-state index contributed by atoms with van der Waals surface area (Å²) in [6, 6.07) is 13.3. The van der Waals surface area contributed by atoms with Gasteiger partial charge < -0.3 is 5.32 Å². The molecule has 0 fully saturated rings. The van der Waals surface area contributed by atoms with Gasteiger partial charge >= 0.3 is 0 Å². The van der Waals surface area contributed by atoms with Gasteiger partial charge in [-0.2, -0.15) is 5.10 Å². The van der Waals surface area contributed by atoms with Crippen LogP contribution < -0.4 is 5.32 Å². The average Bonchev–Trinajstić information content (AvgIpc) is 3.11. The minimum atomic E-state index is 0.170. The summed E-state index contributed by atoms with van der Waals surface area (Å²) >= 11 is 0. The Morgan fingerprint density at radius 3 is 2.63 bits per heavy atom. The van der Waals surface area contributed by atoms with E-state index < -0.39 is 0 Å². The first kappa shape index (κ1) is 17.9. The molecule has 27 heavy (non-hydrogen) atoms. The van der Waals surface area contributed by atoms with E-state index in [1.165, 1.54) is 28.8 Å². The number of nitrogens with one attached hydrogen (secondary N) is 1. The number of pyridine rings is 1. The summed E-state index contributed by atoms with van der Waals surface area (Å²) in [5.41, 5.74) is 6.57. The third kappa shape index (κ3) is 3.81. The molecular weight excluding hydrogens is 332 g/mol. The zero-order valence-electron chi connectivity index (χ0n) is 16.4. The van der Waals surface area contributed by atoms with Crippen LogP contribution >= 0.6 is 0 Å². The predicted octanol–water partition coefficient (Wildman–Crippen LogP) is 4.73. The van der Waals surface area contributed by atoms with Crippen LogP contribution in [0.4, 0.5) is 0 Å². The zero-order valence-corrected chi connectivity index (χ0v) is 16.4. The van der Waals surface area contributed by atoms with Crippen molar-refractivity contribution in [2.45, 2.75) is 58.0 Å². The van der Waals surface area contributed by atoms with Crippen LogP contribution in [0, 0.1) is 0 Å². The smallest absolute Gasteiger partial charge is 0.0649 e. The SMILES string of the molecule is CC(C)(C)c1ccc(-n2ncc3c2CCC[C@@H]3NCc2cccnc2)cc1. The van der Waals surface area contributed by atoms with Crippen LogP contribution in [0.3, 0.4) is 0 Å². The highest BCUT2D eigenvalue weighted by atomic mass is 15.3. The second kappa shape index (κ2) is 7.28. The number of aromatic nitrogens is 3. The summed E-state index contributed by atoms with van der Waals surface area (Å²) in [6.45, 7) is 7.58. The fourth-order valence-electron chi connectivity index (χ4n) is 3.84. The topological polar surface area (TPSA) is 42.7 Å². The maximum atomic E-state index is 4.73. The lowest BCUT2D eigenvalue weighted by atomic mass is 9.87. The molecule has 0 saturated carbocycles. The second-order valence-electron chi connectivity index (χ2n) is 8.44. The molecule has 0 amide bonds. The number of rotatable bonds is 4. The molecular formula is C23H28N4. The van der Waals surface area contributed by atoms with Crippen LogP contribution in [0.15, 0.2) is 55.0 Å². The van der Waals surface area contributed by atoms with Gasteiger partial charge in [-0.1, -0.05) is 39.0 Å². The van der Waals surface area contributed by atoms with Crippen LogP contribution in [0.25, 0.3) is 5.69 Å². The van der Waals surface area contributed by atoms with Crippen LogP contribution in [0.2, 0.25) is 0 Å². The molecule has 1 atom stereocenters. The van der Waals surface area contributed by atoms with E-state index in [2.05, 4.69) is 66.1 Å². The number of hydrogen-bond acceptors (Lipinski definition) is 3. The molecule has 0 bridgehead atoms. The van der Waals surface area contributed by atoms with Gasteiger partial charge in [0.1, 0.15) is 0 Å². The molecule has 0 radical (unpaired) electrons. The molecule has 0 unspecified atom stereocenters. The lowest BCUT2D eigenvalue weighted by molar-refractivity contribution is 0.454. The van der Waals surface area contributed by atoms with Crippen molar-refractivity contribution < 1.29 is 0 Å². The Morgan fingerprint density at radius 2 is 1.93 bits per heavy atom. The Hall–Kier alpha value is -2.46. The third-order valence-electron chi connectivity index (χ3n) is 5.44. The van der Waals surface area contributed by atoms with Crippen molar-refractivity contribution in [3.05, 3.63) is 77.4 Å². The van der Waals surface area contributed by atoms with Crippen molar-refractivity contribution in [3.63, 3.8) is 0 Å². The average molecular weight is 361 g/mol. The Kier molecular flexibility index (Phi) is 4.83. The fraction of sp³-hybridized carbons (Fsp3) is 0.391. The molecule has 3 aromatic rings. The molecule has 140 valence electrons. The number of benzene rings is 1. The van der Waals surface area contributed by atoms with Gasteiger partial charge in [-0.15, -0.1) is 0 Å². The summed E-state index contributed by atoms with van der Waals surface area (Å²) in [7, 11) is 0. The fourth-order valence-corrected chi connectivity index (χ4v) is 3.84. The molecule has 2 heterocycles. The van der Waals surface area contributed by atoms with Gasteiger partial charge in [0.15, 0.2) is 0 Å². The molecule has 4 rings (SSSR count). The Bertz CT molecular complexity index is 888. The molecule has 2 aromatic heterocycles. The van der Waals surface area contributed by atoms with Gasteiger partial charge in [0.2, 0.25) is 0 Å². The minimum absolute atomic E-state index is 0.170. The van der Waals surface area contributed by atoms with Crippen molar-refractivity contribution in [3.8, 4) is 5.69 Å².